The number of nitrogen functional groups attached to an aromatic ring is 1. The molecule has 0 aliphatic carbocycles. The van der Waals surface area contributed by atoms with Gasteiger partial charge in [-0.2, -0.15) is 0 Å². The number of ether oxygens (including phenoxy) is 1. The van der Waals surface area contributed by atoms with E-state index < -0.39 is 0 Å². The van der Waals surface area contributed by atoms with Crippen molar-refractivity contribution in [1.29, 1.82) is 0 Å². The van der Waals surface area contributed by atoms with Gasteiger partial charge in [-0.05, 0) is 35.6 Å². The number of hydrogen-bond donors (Lipinski definition) is 1. The van der Waals surface area contributed by atoms with Gasteiger partial charge in [0.1, 0.15) is 5.75 Å². The molecule has 0 saturated carbocycles. The maximum Gasteiger partial charge on any atom is 0.221 e. The SMILES string of the molecule is CCC(C)(C)c1ccc(Oc2cc(N)ccn2)cc1. The van der Waals surface area contributed by atoms with Gasteiger partial charge in [-0.15, -0.1) is 0 Å². The van der Waals surface area contributed by atoms with Crippen LogP contribution in [-0.2, 0) is 5.41 Å². The lowest BCUT2D eigenvalue weighted by molar-refractivity contribution is 0.461. The number of aromatic nitrogens is 1. The Labute approximate surface area is 114 Å². The van der Waals surface area contributed by atoms with Crippen molar-refractivity contribution < 1.29 is 4.74 Å². The first-order valence-corrected chi connectivity index (χ1v) is 6.51. The summed E-state index contributed by atoms with van der Waals surface area (Å²) in [4.78, 5) is 4.12. The summed E-state index contributed by atoms with van der Waals surface area (Å²) in [5.74, 6) is 1.29. The van der Waals surface area contributed by atoms with Crippen LogP contribution in [0.4, 0.5) is 5.69 Å². The second-order valence-electron chi connectivity index (χ2n) is 5.29. The van der Waals surface area contributed by atoms with Gasteiger partial charge in [0.15, 0.2) is 0 Å². The number of benzene rings is 1. The molecule has 2 rings (SSSR count). The molecule has 2 aromatic rings. The van der Waals surface area contributed by atoms with Crippen molar-refractivity contribution in [2.24, 2.45) is 0 Å². The van der Waals surface area contributed by atoms with Crippen molar-refractivity contribution >= 4 is 5.69 Å². The highest BCUT2D eigenvalue weighted by atomic mass is 16.5. The van der Waals surface area contributed by atoms with Crippen LogP contribution in [0.1, 0.15) is 32.8 Å². The Balaban J connectivity index is 2.15. The largest absolute Gasteiger partial charge is 0.439 e. The quantitative estimate of drug-likeness (QED) is 0.894. The molecule has 0 aliphatic rings. The average Bonchev–Trinajstić information content (AvgIpc) is 2.39. The molecule has 2 N–H and O–H groups in total. The van der Waals surface area contributed by atoms with E-state index in [9.17, 15) is 0 Å². The molecule has 0 atom stereocenters. The van der Waals surface area contributed by atoms with Gasteiger partial charge in [-0.25, -0.2) is 4.98 Å². The third-order valence-electron chi connectivity index (χ3n) is 3.50. The Morgan fingerprint density at radius 3 is 2.42 bits per heavy atom. The van der Waals surface area contributed by atoms with Crippen LogP contribution in [0.15, 0.2) is 42.6 Å². The minimum atomic E-state index is 0.188. The number of anilines is 1. The minimum absolute atomic E-state index is 0.188. The van der Waals surface area contributed by atoms with Crippen LogP contribution in [0.25, 0.3) is 0 Å². The van der Waals surface area contributed by atoms with Crippen LogP contribution < -0.4 is 10.5 Å². The zero-order valence-corrected chi connectivity index (χ0v) is 11.7. The standard InChI is InChI=1S/C16H20N2O/c1-4-16(2,3)12-5-7-14(8-6-12)19-15-11-13(17)9-10-18-15/h5-11H,4H2,1-3H3,(H2,17,18). The van der Waals surface area contributed by atoms with Crippen LogP contribution in [0.5, 0.6) is 11.6 Å². The molecular formula is C16H20N2O. The van der Waals surface area contributed by atoms with Gasteiger partial charge in [0.05, 0.1) is 0 Å². The average molecular weight is 256 g/mol. The Bertz CT molecular complexity index is 547. The Kier molecular flexibility index (Phi) is 3.74. The Hall–Kier alpha value is -2.03. The van der Waals surface area contributed by atoms with E-state index in [1.165, 1.54) is 5.56 Å². The first-order valence-electron chi connectivity index (χ1n) is 6.51. The van der Waals surface area contributed by atoms with Gasteiger partial charge in [-0.3, -0.25) is 0 Å². The van der Waals surface area contributed by atoms with E-state index in [1.54, 1.807) is 18.3 Å². The van der Waals surface area contributed by atoms with Gasteiger partial charge in [0.25, 0.3) is 0 Å². The molecule has 0 spiro atoms. The number of nitrogens with zero attached hydrogens (tertiary/aromatic N) is 1. The molecule has 0 amide bonds. The molecule has 3 heteroatoms. The summed E-state index contributed by atoms with van der Waals surface area (Å²) in [6, 6.07) is 11.6. The number of hydrogen-bond acceptors (Lipinski definition) is 3. The molecule has 0 radical (unpaired) electrons. The van der Waals surface area contributed by atoms with E-state index in [4.69, 9.17) is 10.5 Å². The van der Waals surface area contributed by atoms with Crippen molar-refractivity contribution in [3.63, 3.8) is 0 Å². The smallest absolute Gasteiger partial charge is 0.221 e. The van der Waals surface area contributed by atoms with Crippen LogP contribution in [-0.4, -0.2) is 4.98 Å². The fourth-order valence-electron chi connectivity index (χ4n) is 1.78. The van der Waals surface area contributed by atoms with Crippen LogP contribution in [0.2, 0.25) is 0 Å². The van der Waals surface area contributed by atoms with E-state index in [-0.39, 0.29) is 5.41 Å². The van der Waals surface area contributed by atoms with Crippen molar-refractivity contribution in [3.05, 3.63) is 48.2 Å². The third kappa shape index (κ3) is 3.25. The van der Waals surface area contributed by atoms with Crippen molar-refractivity contribution in [2.75, 3.05) is 5.73 Å². The zero-order chi connectivity index (χ0) is 13.9. The van der Waals surface area contributed by atoms with Gasteiger partial charge < -0.3 is 10.5 Å². The second kappa shape index (κ2) is 5.31. The molecule has 3 nitrogen and oxygen atoms in total. The zero-order valence-electron chi connectivity index (χ0n) is 11.7. The van der Waals surface area contributed by atoms with Crippen LogP contribution >= 0.6 is 0 Å². The summed E-state index contributed by atoms with van der Waals surface area (Å²) in [5, 5.41) is 0. The molecule has 0 bridgehead atoms. The van der Waals surface area contributed by atoms with Gasteiger partial charge in [0, 0.05) is 18.0 Å². The fourth-order valence-corrected chi connectivity index (χ4v) is 1.78. The van der Waals surface area contributed by atoms with Crippen molar-refractivity contribution in [1.82, 2.24) is 4.98 Å². The number of nitrogens with two attached hydrogens (primary N) is 1. The molecule has 1 aromatic heterocycles. The lowest BCUT2D eigenvalue weighted by Crippen LogP contribution is -2.14. The maximum atomic E-state index is 5.69. The van der Waals surface area contributed by atoms with Crippen LogP contribution in [0.3, 0.4) is 0 Å². The molecule has 1 aromatic carbocycles. The predicted molar refractivity (Wildman–Crippen MR) is 78.5 cm³/mol. The Morgan fingerprint density at radius 1 is 1.16 bits per heavy atom. The third-order valence-corrected chi connectivity index (χ3v) is 3.50. The number of pyridine rings is 1. The monoisotopic (exact) mass is 256 g/mol. The second-order valence-corrected chi connectivity index (χ2v) is 5.29. The summed E-state index contributed by atoms with van der Waals surface area (Å²) in [6.45, 7) is 6.67. The molecule has 100 valence electrons. The molecule has 0 fully saturated rings. The molecular weight excluding hydrogens is 236 g/mol. The summed E-state index contributed by atoms with van der Waals surface area (Å²) in [7, 11) is 0. The maximum absolute atomic E-state index is 5.69. The highest BCUT2D eigenvalue weighted by molar-refractivity contribution is 5.41. The van der Waals surface area contributed by atoms with Crippen molar-refractivity contribution in [2.45, 2.75) is 32.6 Å². The molecule has 0 saturated heterocycles. The summed E-state index contributed by atoms with van der Waals surface area (Å²) >= 11 is 0. The lowest BCUT2D eigenvalue weighted by Gasteiger charge is -2.23. The summed E-state index contributed by atoms with van der Waals surface area (Å²) in [6.07, 6.45) is 2.74. The first-order chi connectivity index (χ1) is 9.01. The van der Waals surface area contributed by atoms with E-state index >= 15 is 0 Å². The van der Waals surface area contributed by atoms with Gasteiger partial charge in [0.2, 0.25) is 5.88 Å². The minimum Gasteiger partial charge on any atom is -0.439 e. The van der Waals surface area contributed by atoms with E-state index in [0.717, 1.165) is 12.2 Å². The van der Waals surface area contributed by atoms with E-state index in [2.05, 4.69) is 37.9 Å². The molecule has 19 heavy (non-hydrogen) atoms. The summed E-state index contributed by atoms with van der Waals surface area (Å²) < 4.78 is 5.67. The lowest BCUT2D eigenvalue weighted by atomic mass is 9.82. The number of rotatable bonds is 4. The Morgan fingerprint density at radius 2 is 1.84 bits per heavy atom. The van der Waals surface area contributed by atoms with Crippen LogP contribution in [0, 0.1) is 0 Å². The molecule has 0 aliphatic heterocycles. The van der Waals surface area contributed by atoms with Gasteiger partial charge in [-0.1, -0.05) is 32.9 Å². The van der Waals surface area contributed by atoms with Gasteiger partial charge >= 0.3 is 0 Å². The van der Waals surface area contributed by atoms with E-state index in [1.807, 2.05) is 12.1 Å². The van der Waals surface area contributed by atoms with E-state index in [0.29, 0.717) is 11.6 Å². The summed E-state index contributed by atoms with van der Waals surface area (Å²) in [5.41, 5.74) is 7.84. The topological polar surface area (TPSA) is 48.1 Å². The molecule has 1 heterocycles. The first kappa shape index (κ1) is 13.4. The highest BCUT2D eigenvalue weighted by Gasteiger charge is 2.17. The molecule has 0 unspecified atom stereocenters. The fraction of sp³-hybridized carbons (Fsp3) is 0.312. The normalized spacial score (nSPS) is 11.3. The van der Waals surface area contributed by atoms with Crippen molar-refractivity contribution in [3.8, 4) is 11.6 Å². The predicted octanol–water partition coefficient (Wildman–Crippen LogP) is 4.14. The highest BCUT2D eigenvalue weighted by Crippen LogP contribution is 2.29.